The van der Waals surface area contributed by atoms with Crippen molar-refractivity contribution in [2.75, 3.05) is 6.54 Å². The van der Waals surface area contributed by atoms with Crippen molar-refractivity contribution in [2.45, 2.75) is 17.5 Å². The summed E-state index contributed by atoms with van der Waals surface area (Å²) in [5.41, 5.74) is 1.37. The van der Waals surface area contributed by atoms with E-state index in [-0.39, 0.29) is 0 Å². The molecule has 1 fully saturated rings. The van der Waals surface area contributed by atoms with Crippen molar-refractivity contribution < 1.29 is 0 Å². The molecule has 1 aliphatic heterocycles. The molecule has 1 saturated heterocycles. The first kappa shape index (κ1) is 9.56. The Hall–Kier alpha value is 0.01000. The van der Waals surface area contributed by atoms with E-state index in [9.17, 15) is 0 Å². The third kappa shape index (κ3) is 2.27. The van der Waals surface area contributed by atoms with Crippen LogP contribution in [0.5, 0.6) is 0 Å². The van der Waals surface area contributed by atoms with Crippen LogP contribution in [-0.4, -0.2) is 11.8 Å². The molecule has 0 bridgehead atoms. The predicted octanol–water partition coefficient (Wildman–Crippen LogP) is 3.17. The van der Waals surface area contributed by atoms with Crippen molar-refractivity contribution in [3.8, 4) is 0 Å². The molecule has 0 amide bonds. The third-order valence-electron chi connectivity index (χ3n) is 2.13. The van der Waals surface area contributed by atoms with Crippen LogP contribution in [0.25, 0.3) is 0 Å². The zero-order valence-corrected chi connectivity index (χ0v) is 9.86. The normalized spacial score (nSPS) is 27.8. The standard InChI is InChI=1S/C10H12BrNS/c1-7-6-12-10(13-7)8-2-4-9(11)5-3-8/h2-5,7,10,12H,6H2,1H3. The molecule has 1 nitrogen and oxygen atoms in total. The highest BCUT2D eigenvalue weighted by atomic mass is 79.9. The van der Waals surface area contributed by atoms with Gasteiger partial charge in [-0.15, -0.1) is 11.8 Å². The van der Waals surface area contributed by atoms with Crippen molar-refractivity contribution in [3.63, 3.8) is 0 Å². The van der Waals surface area contributed by atoms with E-state index in [2.05, 4.69) is 52.4 Å². The van der Waals surface area contributed by atoms with Crippen LogP contribution in [0.15, 0.2) is 28.7 Å². The van der Waals surface area contributed by atoms with Crippen molar-refractivity contribution >= 4 is 27.7 Å². The topological polar surface area (TPSA) is 12.0 Å². The summed E-state index contributed by atoms with van der Waals surface area (Å²) in [5, 5.41) is 4.71. The molecule has 0 aromatic heterocycles. The summed E-state index contributed by atoms with van der Waals surface area (Å²) in [6.07, 6.45) is 0. The smallest absolute Gasteiger partial charge is 0.0792 e. The Labute approximate surface area is 91.4 Å². The molecule has 3 heteroatoms. The molecule has 1 aliphatic rings. The van der Waals surface area contributed by atoms with Gasteiger partial charge in [-0.05, 0) is 17.7 Å². The van der Waals surface area contributed by atoms with E-state index in [0.717, 1.165) is 16.3 Å². The van der Waals surface area contributed by atoms with Crippen LogP contribution in [0.4, 0.5) is 0 Å². The van der Waals surface area contributed by atoms with Gasteiger partial charge < -0.3 is 5.32 Å². The number of halogens is 1. The van der Waals surface area contributed by atoms with Gasteiger partial charge >= 0.3 is 0 Å². The van der Waals surface area contributed by atoms with E-state index in [1.807, 2.05) is 11.8 Å². The van der Waals surface area contributed by atoms with Gasteiger partial charge in [0.15, 0.2) is 0 Å². The summed E-state index contributed by atoms with van der Waals surface area (Å²) in [4.78, 5) is 0. The zero-order chi connectivity index (χ0) is 9.26. The lowest BCUT2D eigenvalue weighted by Crippen LogP contribution is -2.13. The highest BCUT2D eigenvalue weighted by Gasteiger charge is 2.21. The SMILES string of the molecule is CC1CNC(c2ccc(Br)cc2)S1. The molecule has 1 N–H and O–H groups in total. The molecule has 2 rings (SSSR count). The fraction of sp³-hybridized carbons (Fsp3) is 0.400. The van der Waals surface area contributed by atoms with Gasteiger partial charge in [0.05, 0.1) is 5.37 Å². The molecular formula is C10H12BrNS. The Morgan fingerprint density at radius 3 is 2.62 bits per heavy atom. The summed E-state index contributed by atoms with van der Waals surface area (Å²) in [6.45, 7) is 3.38. The first-order valence-electron chi connectivity index (χ1n) is 4.40. The fourth-order valence-electron chi connectivity index (χ4n) is 1.44. The lowest BCUT2D eigenvalue weighted by atomic mass is 10.2. The fourth-order valence-corrected chi connectivity index (χ4v) is 2.86. The second kappa shape index (κ2) is 4.03. The first-order valence-corrected chi connectivity index (χ1v) is 6.13. The summed E-state index contributed by atoms with van der Waals surface area (Å²) >= 11 is 5.44. The van der Waals surface area contributed by atoms with Crippen molar-refractivity contribution in [2.24, 2.45) is 0 Å². The van der Waals surface area contributed by atoms with Crippen molar-refractivity contribution in [1.82, 2.24) is 5.32 Å². The number of hydrogen-bond donors (Lipinski definition) is 1. The van der Waals surface area contributed by atoms with Gasteiger partial charge in [-0.3, -0.25) is 0 Å². The minimum Gasteiger partial charge on any atom is -0.301 e. The van der Waals surface area contributed by atoms with Crippen molar-refractivity contribution in [3.05, 3.63) is 34.3 Å². The van der Waals surface area contributed by atoms with E-state index in [1.54, 1.807) is 0 Å². The second-order valence-electron chi connectivity index (χ2n) is 3.29. The Morgan fingerprint density at radius 2 is 2.08 bits per heavy atom. The molecule has 1 aromatic rings. The largest absolute Gasteiger partial charge is 0.301 e. The van der Waals surface area contributed by atoms with Crippen LogP contribution in [0, 0.1) is 0 Å². The van der Waals surface area contributed by atoms with Crippen LogP contribution in [-0.2, 0) is 0 Å². The zero-order valence-electron chi connectivity index (χ0n) is 7.46. The minimum absolute atomic E-state index is 0.489. The molecule has 0 spiro atoms. The van der Waals surface area contributed by atoms with Crippen LogP contribution in [0.1, 0.15) is 17.9 Å². The lowest BCUT2D eigenvalue weighted by Gasteiger charge is -2.09. The first-order chi connectivity index (χ1) is 6.25. The molecular weight excluding hydrogens is 246 g/mol. The van der Waals surface area contributed by atoms with Crippen LogP contribution in [0.3, 0.4) is 0 Å². The monoisotopic (exact) mass is 257 g/mol. The molecule has 0 aliphatic carbocycles. The van der Waals surface area contributed by atoms with Crippen LogP contribution < -0.4 is 5.32 Å². The number of nitrogens with one attached hydrogen (secondary N) is 1. The number of hydrogen-bond acceptors (Lipinski definition) is 2. The quantitative estimate of drug-likeness (QED) is 0.830. The molecule has 70 valence electrons. The van der Waals surface area contributed by atoms with Gasteiger partial charge in [-0.1, -0.05) is 35.0 Å². The molecule has 13 heavy (non-hydrogen) atoms. The average Bonchev–Trinajstić information content (AvgIpc) is 2.53. The molecule has 1 aromatic carbocycles. The molecule has 2 unspecified atom stereocenters. The van der Waals surface area contributed by atoms with E-state index < -0.39 is 0 Å². The van der Waals surface area contributed by atoms with Gasteiger partial charge in [0, 0.05) is 16.3 Å². The number of benzene rings is 1. The third-order valence-corrected chi connectivity index (χ3v) is 4.00. The Bertz CT molecular complexity index is 285. The van der Waals surface area contributed by atoms with E-state index in [0.29, 0.717) is 5.37 Å². The lowest BCUT2D eigenvalue weighted by molar-refractivity contribution is 0.718. The summed E-state index contributed by atoms with van der Waals surface area (Å²) in [6, 6.07) is 8.54. The number of thioether (sulfide) groups is 1. The maximum atomic E-state index is 3.49. The average molecular weight is 258 g/mol. The Kier molecular flexibility index (Phi) is 2.96. The predicted molar refractivity (Wildman–Crippen MR) is 61.9 cm³/mol. The van der Waals surface area contributed by atoms with E-state index in [1.165, 1.54) is 5.56 Å². The summed E-state index contributed by atoms with van der Waals surface area (Å²) in [7, 11) is 0. The molecule has 0 saturated carbocycles. The van der Waals surface area contributed by atoms with E-state index in [4.69, 9.17) is 0 Å². The Balaban J connectivity index is 2.13. The minimum atomic E-state index is 0.489. The summed E-state index contributed by atoms with van der Waals surface area (Å²) in [5.74, 6) is 0. The van der Waals surface area contributed by atoms with Crippen LogP contribution in [0.2, 0.25) is 0 Å². The second-order valence-corrected chi connectivity index (χ2v) is 5.75. The molecule has 0 radical (unpaired) electrons. The molecule has 2 atom stereocenters. The maximum absolute atomic E-state index is 3.49. The molecule has 1 heterocycles. The maximum Gasteiger partial charge on any atom is 0.0792 e. The van der Waals surface area contributed by atoms with Gasteiger partial charge in [0.2, 0.25) is 0 Å². The van der Waals surface area contributed by atoms with Gasteiger partial charge in [-0.2, -0.15) is 0 Å². The van der Waals surface area contributed by atoms with Gasteiger partial charge in [0.25, 0.3) is 0 Å². The summed E-state index contributed by atoms with van der Waals surface area (Å²) < 4.78 is 1.15. The van der Waals surface area contributed by atoms with Crippen molar-refractivity contribution in [1.29, 1.82) is 0 Å². The Morgan fingerprint density at radius 1 is 1.38 bits per heavy atom. The highest BCUT2D eigenvalue weighted by molar-refractivity contribution is 9.10. The van der Waals surface area contributed by atoms with Crippen LogP contribution >= 0.6 is 27.7 Å². The highest BCUT2D eigenvalue weighted by Crippen LogP contribution is 2.34. The number of rotatable bonds is 1. The van der Waals surface area contributed by atoms with E-state index >= 15 is 0 Å². The van der Waals surface area contributed by atoms with Gasteiger partial charge in [0.1, 0.15) is 0 Å². The van der Waals surface area contributed by atoms with Gasteiger partial charge in [-0.25, -0.2) is 0 Å².